The molecule has 2 aromatic carbocycles. The number of rotatable bonds is 4. The lowest BCUT2D eigenvalue weighted by Crippen LogP contribution is -2.06. The van der Waals surface area contributed by atoms with Gasteiger partial charge in [-0.15, -0.1) is 0 Å². The van der Waals surface area contributed by atoms with Crippen molar-refractivity contribution >= 4 is 29.0 Å². The molecule has 0 saturated heterocycles. The number of benzene rings is 2. The van der Waals surface area contributed by atoms with Gasteiger partial charge < -0.3 is 0 Å². The number of carbonyl (C=O) groups is 1. The summed E-state index contributed by atoms with van der Waals surface area (Å²) in [4.78, 5) is 11.9. The van der Waals surface area contributed by atoms with E-state index in [4.69, 9.17) is 23.2 Å². The van der Waals surface area contributed by atoms with Gasteiger partial charge in [-0.05, 0) is 35.4 Å². The Morgan fingerprint density at radius 1 is 0.833 bits per heavy atom. The zero-order valence-electron chi connectivity index (χ0n) is 9.70. The van der Waals surface area contributed by atoms with Gasteiger partial charge in [0.15, 0.2) is 0 Å². The zero-order chi connectivity index (χ0) is 13.0. The molecule has 1 nitrogen and oxygen atoms in total. The summed E-state index contributed by atoms with van der Waals surface area (Å²) in [5.41, 5.74) is 1.92. The molecule has 0 unspecified atom stereocenters. The Morgan fingerprint density at radius 2 is 1.50 bits per heavy atom. The highest BCUT2D eigenvalue weighted by molar-refractivity contribution is 6.30. The van der Waals surface area contributed by atoms with Crippen LogP contribution in [0.1, 0.15) is 11.1 Å². The molecule has 0 saturated carbocycles. The van der Waals surface area contributed by atoms with Crippen LogP contribution in [0.25, 0.3) is 0 Å². The van der Waals surface area contributed by atoms with Crippen molar-refractivity contribution in [1.29, 1.82) is 0 Å². The van der Waals surface area contributed by atoms with Crippen LogP contribution >= 0.6 is 23.2 Å². The average Bonchev–Trinajstić information content (AvgIpc) is 2.32. The Hall–Kier alpha value is -1.31. The quantitative estimate of drug-likeness (QED) is 0.813. The van der Waals surface area contributed by atoms with Crippen LogP contribution in [0.3, 0.4) is 0 Å². The molecule has 0 amide bonds. The van der Waals surface area contributed by atoms with Gasteiger partial charge in [-0.2, -0.15) is 0 Å². The van der Waals surface area contributed by atoms with Crippen molar-refractivity contribution in [3.8, 4) is 0 Å². The van der Waals surface area contributed by atoms with E-state index < -0.39 is 0 Å². The van der Waals surface area contributed by atoms with Crippen LogP contribution in [0, 0.1) is 0 Å². The largest absolute Gasteiger partial charge is 0.299 e. The van der Waals surface area contributed by atoms with Crippen LogP contribution in [0.5, 0.6) is 0 Å². The van der Waals surface area contributed by atoms with Crippen molar-refractivity contribution < 1.29 is 4.79 Å². The molecule has 0 aliphatic heterocycles. The second-order valence-corrected chi connectivity index (χ2v) is 5.02. The van der Waals surface area contributed by atoms with Crippen LogP contribution in [0.2, 0.25) is 10.0 Å². The molecule has 92 valence electrons. The van der Waals surface area contributed by atoms with Gasteiger partial charge in [0.2, 0.25) is 0 Å². The molecule has 0 aromatic heterocycles. The summed E-state index contributed by atoms with van der Waals surface area (Å²) in [6.45, 7) is 0. The minimum atomic E-state index is 0.166. The fourth-order valence-electron chi connectivity index (χ4n) is 1.77. The number of hydrogen-bond acceptors (Lipinski definition) is 1. The first-order chi connectivity index (χ1) is 8.63. The fraction of sp³-hybridized carbons (Fsp3) is 0.133. The SMILES string of the molecule is O=C(Cc1ccc(Cl)cc1)Cc1cccc(Cl)c1. The van der Waals surface area contributed by atoms with Crippen LogP contribution in [0.15, 0.2) is 48.5 Å². The molecule has 0 fully saturated rings. The van der Waals surface area contributed by atoms with Crippen molar-refractivity contribution in [3.05, 3.63) is 69.7 Å². The second-order valence-electron chi connectivity index (χ2n) is 4.15. The maximum Gasteiger partial charge on any atom is 0.141 e. The summed E-state index contributed by atoms with van der Waals surface area (Å²) in [6, 6.07) is 14.7. The maximum atomic E-state index is 11.9. The third-order valence-corrected chi connectivity index (χ3v) is 3.09. The van der Waals surface area contributed by atoms with Crippen molar-refractivity contribution in [1.82, 2.24) is 0 Å². The van der Waals surface area contributed by atoms with Crippen LogP contribution in [0.4, 0.5) is 0 Å². The van der Waals surface area contributed by atoms with Crippen LogP contribution in [-0.2, 0) is 17.6 Å². The van der Waals surface area contributed by atoms with E-state index in [9.17, 15) is 4.79 Å². The molecular formula is C15H12Cl2O. The third-order valence-electron chi connectivity index (χ3n) is 2.60. The van der Waals surface area contributed by atoms with Crippen molar-refractivity contribution in [2.24, 2.45) is 0 Å². The van der Waals surface area contributed by atoms with Crippen LogP contribution in [-0.4, -0.2) is 5.78 Å². The normalized spacial score (nSPS) is 10.3. The first kappa shape index (κ1) is 13.1. The topological polar surface area (TPSA) is 17.1 Å². The zero-order valence-corrected chi connectivity index (χ0v) is 11.2. The minimum Gasteiger partial charge on any atom is -0.299 e. The van der Waals surface area contributed by atoms with E-state index in [1.165, 1.54) is 0 Å². The highest BCUT2D eigenvalue weighted by atomic mass is 35.5. The summed E-state index contributed by atoms with van der Waals surface area (Å²) < 4.78 is 0. The first-order valence-corrected chi connectivity index (χ1v) is 6.39. The lowest BCUT2D eigenvalue weighted by Gasteiger charge is -2.03. The summed E-state index contributed by atoms with van der Waals surface area (Å²) >= 11 is 11.7. The summed E-state index contributed by atoms with van der Waals surface area (Å²) in [7, 11) is 0. The van der Waals surface area contributed by atoms with Gasteiger partial charge in [-0.3, -0.25) is 4.79 Å². The molecule has 18 heavy (non-hydrogen) atoms. The lowest BCUT2D eigenvalue weighted by atomic mass is 10.0. The van der Waals surface area contributed by atoms with E-state index in [0.717, 1.165) is 11.1 Å². The minimum absolute atomic E-state index is 0.166. The van der Waals surface area contributed by atoms with Gasteiger partial charge >= 0.3 is 0 Å². The smallest absolute Gasteiger partial charge is 0.141 e. The Morgan fingerprint density at radius 3 is 2.17 bits per heavy atom. The Balaban J connectivity index is 1.98. The third kappa shape index (κ3) is 3.86. The number of carbonyl (C=O) groups excluding carboxylic acids is 1. The number of halogens is 2. The number of hydrogen-bond donors (Lipinski definition) is 0. The second kappa shape index (κ2) is 6.03. The molecule has 0 radical (unpaired) electrons. The van der Waals surface area contributed by atoms with E-state index in [1.807, 2.05) is 30.3 Å². The van der Waals surface area contributed by atoms with E-state index in [-0.39, 0.29) is 5.78 Å². The van der Waals surface area contributed by atoms with Gasteiger partial charge in [-0.1, -0.05) is 47.5 Å². The van der Waals surface area contributed by atoms with Gasteiger partial charge in [0.05, 0.1) is 0 Å². The van der Waals surface area contributed by atoms with E-state index in [2.05, 4.69) is 0 Å². The molecule has 0 N–H and O–H groups in total. The number of ketones is 1. The molecule has 0 atom stereocenters. The van der Waals surface area contributed by atoms with Crippen molar-refractivity contribution in [2.75, 3.05) is 0 Å². The van der Waals surface area contributed by atoms with E-state index >= 15 is 0 Å². The Kier molecular flexibility index (Phi) is 4.40. The molecule has 3 heteroatoms. The monoisotopic (exact) mass is 278 g/mol. The fourth-order valence-corrected chi connectivity index (χ4v) is 2.11. The summed E-state index contributed by atoms with van der Waals surface area (Å²) in [5, 5.41) is 1.34. The Labute approximate surface area is 116 Å². The van der Waals surface area contributed by atoms with E-state index in [1.54, 1.807) is 18.2 Å². The highest BCUT2D eigenvalue weighted by Gasteiger charge is 2.05. The van der Waals surface area contributed by atoms with Crippen LogP contribution < -0.4 is 0 Å². The molecule has 0 aliphatic rings. The van der Waals surface area contributed by atoms with Crippen molar-refractivity contribution in [3.63, 3.8) is 0 Å². The molecule has 0 bridgehead atoms. The predicted octanol–water partition coefficient (Wildman–Crippen LogP) is 4.35. The molecule has 0 heterocycles. The van der Waals surface area contributed by atoms with Crippen molar-refractivity contribution in [2.45, 2.75) is 12.8 Å². The standard InChI is InChI=1S/C15H12Cl2O/c16-13-6-4-11(5-7-13)9-15(18)10-12-2-1-3-14(17)8-12/h1-8H,9-10H2. The predicted molar refractivity (Wildman–Crippen MR) is 75.3 cm³/mol. The average molecular weight is 279 g/mol. The highest BCUT2D eigenvalue weighted by Crippen LogP contribution is 2.13. The molecule has 0 spiro atoms. The first-order valence-electron chi connectivity index (χ1n) is 5.64. The summed E-state index contributed by atoms with van der Waals surface area (Å²) in [5.74, 6) is 0.166. The van der Waals surface area contributed by atoms with Gasteiger partial charge in [0, 0.05) is 22.9 Å². The van der Waals surface area contributed by atoms with Gasteiger partial charge in [0.1, 0.15) is 5.78 Å². The Bertz CT molecular complexity index is 547. The molecule has 2 aromatic rings. The number of Topliss-reactive ketones (excluding diaryl/α,β-unsaturated/α-hetero) is 1. The molecule has 2 rings (SSSR count). The maximum absolute atomic E-state index is 11.9. The molecule has 0 aliphatic carbocycles. The molecular weight excluding hydrogens is 267 g/mol. The van der Waals surface area contributed by atoms with Gasteiger partial charge in [-0.25, -0.2) is 0 Å². The summed E-state index contributed by atoms with van der Waals surface area (Å²) in [6.07, 6.45) is 0.826. The van der Waals surface area contributed by atoms with E-state index in [0.29, 0.717) is 22.9 Å². The van der Waals surface area contributed by atoms with Gasteiger partial charge in [0.25, 0.3) is 0 Å². The lowest BCUT2D eigenvalue weighted by molar-refractivity contribution is -0.117.